The lowest BCUT2D eigenvalue weighted by Gasteiger charge is -2.22. The minimum atomic E-state index is -0.483. The number of nitrogens with zero attached hydrogens (tertiary/aromatic N) is 3. The van der Waals surface area contributed by atoms with E-state index in [1.165, 1.54) is 10.7 Å². The zero-order chi connectivity index (χ0) is 19.1. The Kier molecular flexibility index (Phi) is 4.63. The van der Waals surface area contributed by atoms with E-state index in [4.69, 9.17) is 11.6 Å². The Morgan fingerprint density at radius 3 is 2.85 bits per heavy atom. The highest BCUT2D eigenvalue weighted by atomic mass is 35.5. The molecular formula is C19H20ClFN4O2. The lowest BCUT2D eigenvalue weighted by Crippen LogP contribution is -2.45. The van der Waals surface area contributed by atoms with Crippen molar-refractivity contribution in [1.29, 1.82) is 0 Å². The number of aromatic nitrogens is 2. The molecule has 6 nitrogen and oxygen atoms in total. The molecule has 0 radical (unpaired) electrons. The van der Waals surface area contributed by atoms with Crippen molar-refractivity contribution in [3.05, 3.63) is 46.0 Å². The van der Waals surface area contributed by atoms with Crippen molar-refractivity contribution < 1.29 is 14.0 Å². The molecule has 27 heavy (non-hydrogen) atoms. The zero-order valence-corrected chi connectivity index (χ0v) is 15.7. The fourth-order valence-electron chi connectivity index (χ4n) is 4.05. The van der Waals surface area contributed by atoms with E-state index in [9.17, 15) is 14.0 Å². The number of amides is 2. The van der Waals surface area contributed by atoms with Crippen molar-refractivity contribution in [2.24, 2.45) is 0 Å². The van der Waals surface area contributed by atoms with Crippen molar-refractivity contribution in [3.8, 4) is 5.69 Å². The molecule has 2 amide bonds. The predicted molar refractivity (Wildman–Crippen MR) is 98.7 cm³/mol. The van der Waals surface area contributed by atoms with Gasteiger partial charge in [-0.2, -0.15) is 5.10 Å². The highest BCUT2D eigenvalue weighted by Gasteiger charge is 2.37. The minimum absolute atomic E-state index is 0.166. The number of carbonyl (C=O) groups excluding carboxylic acids is 2. The van der Waals surface area contributed by atoms with Crippen LogP contribution in [0.25, 0.3) is 5.69 Å². The van der Waals surface area contributed by atoms with E-state index in [1.807, 2.05) is 0 Å². The molecule has 1 aromatic heterocycles. The molecule has 1 unspecified atom stereocenters. The first kappa shape index (κ1) is 18.0. The van der Waals surface area contributed by atoms with Crippen LogP contribution in [0.3, 0.4) is 0 Å². The summed E-state index contributed by atoms with van der Waals surface area (Å²) >= 11 is 5.85. The summed E-state index contributed by atoms with van der Waals surface area (Å²) in [6.45, 7) is 0.522. The van der Waals surface area contributed by atoms with Crippen LogP contribution >= 0.6 is 11.6 Å². The van der Waals surface area contributed by atoms with Gasteiger partial charge in [0, 0.05) is 29.9 Å². The molecular weight excluding hydrogens is 371 g/mol. The second-order valence-corrected chi connectivity index (χ2v) is 7.34. The summed E-state index contributed by atoms with van der Waals surface area (Å²) < 4.78 is 16.0. The lowest BCUT2D eigenvalue weighted by atomic mass is 10.1. The number of benzene rings is 1. The van der Waals surface area contributed by atoms with Crippen LogP contribution in [0.2, 0.25) is 5.02 Å². The largest absolute Gasteiger partial charge is 0.357 e. The van der Waals surface area contributed by atoms with Crippen LogP contribution < -0.4 is 5.32 Å². The number of likely N-dealkylation sites (tertiary alicyclic amines) is 1. The Hall–Kier alpha value is -2.41. The summed E-state index contributed by atoms with van der Waals surface area (Å²) in [5, 5.41) is 7.39. The van der Waals surface area contributed by atoms with Crippen LogP contribution in [0.15, 0.2) is 18.2 Å². The highest BCUT2D eigenvalue weighted by Crippen LogP contribution is 2.31. The molecule has 142 valence electrons. The molecule has 1 aromatic carbocycles. The smallest absolute Gasteiger partial charge is 0.275 e. The molecule has 0 spiro atoms. The number of likely N-dealkylation sites (N-methyl/N-ethyl adjacent to an activating group) is 1. The van der Waals surface area contributed by atoms with Crippen molar-refractivity contribution in [3.63, 3.8) is 0 Å². The van der Waals surface area contributed by atoms with Gasteiger partial charge in [0.1, 0.15) is 17.5 Å². The molecule has 2 heterocycles. The molecule has 1 aliphatic heterocycles. The molecule has 0 saturated carbocycles. The minimum Gasteiger partial charge on any atom is -0.357 e. The number of carbonyl (C=O) groups is 2. The Balaban J connectivity index is 1.74. The van der Waals surface area contributed by atoms with Gasteiger partial charge in [-0.1, -0.05) is 11.6 Å². The van der Waals surface area contributed by atoms with Crippen molar-refractivity contribution in [1.82, 2.24) is 20.0 Å². The van der Waals surface area contributed by atoms with Crippen LogP contribution in [0.4, 0.5) is 4.39 Å². The SMILES string of the molecule is CNC(=O)C1CCCN1C(=O)c1nn(-c2ccc(Cl)cc2F)c2c1CCC2. The van der Waals surface area contributed by atoms with E-state index in [2.05, 4.69) is 10.4 Å². The van der Waals surface area contributed by atoms with Gasteiger partial charge >= 0.3 is 0 Å². The summed E-state index contributed by atoms with van der Waals surface area (Å²) in [5.41, 5.74) is 2.32. The number of rotatable bonds is 3. The second kappa shape index (κ2) is 6.96. The van der Waals surface area contributed by atoms with Crippen LogP contribution in [0.5, 0.6) is 0 Å². The average molecular weight is 391 g/mol. The Bertz CT molecular complexity index is 927. The third-order valence-corrected chi connectivity index (χ3v) is 5.57. The van der Waals surface area contributed by atoms with Crippen molar-refractivity contribution in [2.45, 2.75) is 38.1 Å². The van der Waals surface area contributed by atoms with Gasteiger partial charge < -0.3 is 10.2 Å². The van der Waals surface area contributed by atoms with Gasteiger partial charge in [0.25, 0.3) is 5.91 Å². The van der Waals surface area contributed by atoms with Gasteiger partial charge in [0.05, 0.1) is 0 Å². The topological polar surface area (TPSA) is 67.2 Å². The second-order valence-electron chi connectivity index (χ2n) is 6.91. The molecule has 1 fully saturated rings. The van der Waals surface area contributed by atoms with Gasteiger partial charge in [0.15, 0.2) is 5.69 Å². The normalized spacial score (nSPS) is 18.6. The third-order valence-electron chi connectivity index (χ3n) is 5.33. The summed E-state index contributed by atoms with van der Waals surface area (Å²) in [6, 6.07) is 3.94. The molecule has 2 aromatic rings. The highest BCUT2D eigenvalue weighted by molar-refractivity contribution is 6.30. The van der Waals surface area contributed by atoms with Gasteiger partial charge in [-0.25, -0.2) is 9.07 Å². The van der Waals surface area contributed by atoms with Gasteiger partial charge in [-0.3, -0.25) is 9.59 Å². The number of hydrogen-bond acceptors (Lipinski definition) is 3. The average Bonchev–Trinajstić information content (AvgIpc) is 3.37. The quantitative estimate of drug-likeness (QED) is 0.875. The number of fused-ring (bicyclic) bond motifs is 1. The number of halogens is 2. The zero-order valence-electron chi connectivity index (χ0n) is 15.0. The third kappa shape index (κ3) is 3.00. The van der Waals surface area contributed by atoms with Crippen molar-refractivity contribution in [2.75, 3.05) is 13.6 Å². The summed E-state index contributed by atoms with van der Waals surface area (Å²) in [5.74, 6) is -0.906. The molecule has 1 N–H and O–H groups in total. The van der Waals surface area contributed by atoms with Crippen LogP contribution in [-0.4, -0.2) is 46.1 Å². The first-order valence-corrected chi connectivity index (χ1v) is 9.48. The van der Waals surface area contributed by atoms with Crippen LogP contribution in [0.1, 0.15) is 41.0 Å². The summed E-state index contributed by atoms with van der Waals surface area (Å²) in [7, 11) is 1.57. The maximum Gasteiger partial charge on any atom is 0.275 e. The van der Waals surface area contributed by atoms with Crippen LogP contribution in [-0.2, 0) is 17.6 Å². The van der Waals surface area contributed by atoms with Gasteiger partial charge in [-0.15, -0.1) is 0 Å². The van der Waals surface area contributed by atoms with E-state index < -0.39 is 11.9 Å². The van der Waals surface area contributed by atoms with Gasteiger partial charge in [-0.05, 0) is 50.3 Å². The van der Waals surface area contributed by atoms with Crippen molar-refractivity contribution >= 4 is 23.4 Å². The fourth-order valence-corrected chi connectivity index (χ4v) is 4.21. The molecule has 1 saturated heterocycles. The monoisotopic (exact) mass is 390 g/mol. The number of nitrogens with one attached hydrogen (secondary N) is 1. The molecule has 1 atom stereocenters. The molecule has 0 bridgehead atoms. The first-order chi connectivity index (χ1) is 13.0. The van der Waals surface area contributed by atoms with Crippen LogP contribution in [0, 0.1) is 5.82 Å². The maximum absolute atomic E-state index is 14.4. The van der Waals surface area contributed by atoms with Gasteiger partial charge in [0.2, 0.25) is 5.91 Å². The molecule has 1 aliphatic carbocycles. The predicted octanol–water partition coefficient (Wildman–Crippen LogP) is 2.50. The van der Waals surface area contributed by atoms with E-state index in [0.717, 1.165) is 36.9 Å². The lowest BCUT2D eigenvalue weighted by molar-refractivity contribution is -0.124. The fraction of sp³-hybridized carbons (Fsp3) is 0.421. The standard InChI is InChI=1S/C19H20ClFN4O2/c1-22-18(26)16-6-3-9-24(16)19(27)17-12-4-2-5-14(12)25(23-17)15-8-7-11(20)10-13(15)21/h7-8,10,16H,2-6,9H2,1H3,(H,22,26). The van der Waals surface area contributed by atoms with E-state index in [0.29, 0.717) is 23.7 Å². The Morgan fingerprint density at radius 1 is 1.30 bits per heavy atom. The molecule has 2 aliphatic rings. The van der Waals surface area contributed by atoms with E-state index in [-0.39, 0.29) is 17.5 Å². The number of hydrogen-bond donors (Lipinski definition) is 1. The first-order valence-electron chi connectivity index (χ1n) is 9.10. The summed E-state index contributed by atoms with van der Waals surface area (Å²) in [6.07, 6.45) is 3.76. The van der Waals surface area contributed by atoms with E-state index >= 15 is 0 Å². The Morgan fingerprint density at radius 2 is 2.11 bits per heavy atom. The van der Waals surface area contributed by atoms with E-state index in [1.54, 1.807) is 24.1 Å². The maximum atomic E-state index is 14.4. The summed E-state index contributed by atoms with van der Waals surface area (Å²) in [4.78, 5) is 26.9. The molecule has 4 rings (SSSR count). The molecule has 8 heteroatoms. The Labute approximate surface area is 161 Å².